The van der Waals surface area contributed by atoms with Crippen LogP contribution in [0.15, 0.2) is 485 Å². The molecule has 0 heteroatoms. The van der Waals surface area contributed by atoms with Crippen LogP contribution in [0.25, 0.3) is 200 Å². The van der Waals surface area contributed by atoms with Crippen molar-refractivity contribution in [1.29, 1.82) is 0 Å². The third kappa shape index (κ3) is 12.8. The molecule has 20 aromatic carbocycles. The summed E-state index contributed by atoms with van der Waals surface area (Å²) in [6.45, 7) is 0. The zero-order chi connectivity index (χ0) is 80.2. The Morgan fingerprint density at radius 1 is 0.0826 bits per heavy atom. The lowest BCUT2D eigenvalue weighted by Gasteiger charge is -2.32. The SMILES string of the molecule is c1ccc(-c2ccccc2-c2ccccc2-c2cccc(-c3ccc4c(c3)C3(c5cc(-c6cccc(-c7ccccc7-c7ccccc7-c7ccccc7)c6)ccc5-4)c4cc(-c5cccc(-c6ccccc6-c6ccccc6-c6ccccc6)c5)ccc4-c4ccc(-c5cccc(-c6ccccc6-c6ccccc6-c6ccccc6)c5)cc43)c2)cc1. The van der Waals surface area contributed by atoms with Crippen LogP contribution in [-0.4, -0.2) is 0 Å². The third-order valence-corrected chi connectivity index (χ3v) is 25.2. The van der Waals surface area contributed by atoms with Gasteiger partial charge in [-0.2, -0.15) is 0 Å². The highest BCUT2D eigenvalue weighted by Crippen LogP contribution is 2.65. The van der Waals surface area contributed by atoms with Crippen molar-refractivity contribution in [2.24, 2.45) is 0 Å². The van der Waals surface area contributed by atoms with E-state index in [1.165, 1.54) is 156 Å². The Morgan fingerprint density at radius 2 is 0.223 bits per heavy atom. The molecule has 0 N–H and O–H groups in total. The molecule has 0 heterocycles. The van der Waals surface area contributed by atoms with Crippen LogP contribution < -0.4 is 0 Å². The Morgan fingerprint density at radius 3 is 0.413 bits per heavy atom. The molecule has 0 amide bonds. The first-order valence-corrected chi connectivity index (χ1v) is 42.0. The summed E-state index contributed by atoms with van der Waals surface area (Å²) in [5, 5.41) is 0. The summed E-state index contributed by atoms with van der Waals surface area (Å²) in [6.07, 6.45) is 0. The number of rotatable bonds is 16. The highest BCUT2D eigenvalue weighted by Gasteiger charge is 2.52. The molecule has 0 aliphatic heterocycles. The molecule has 564 valence electrons. The fourth-order valence-corrected chi connectivity index (χ4v) is 19.6. The molecule has 0 bridgehead atoms. The Labute approximate surface area is 708 Å². The molecule has 20 aromatic rings. The minimum atomic E-state index is -0.846. The molecule has 0 fully saturated rings. The van der Waals surface area contributed by atoms with Crippen molar-refractivity contribution in [2.45, 2.75) is 5.41 Å². The Kier molecular flexibility index (Phi) is 18.3. The second kappa shape index (κ2) is 30.8. The molecule has 0 unspecified atom stereocenters. The number of hydrogen-bond donors (Lipinski definition) is 0. The van der Waals surface area contributed by atoms with Crippen molar-refractivity contribution in [3.8, 4) is 200 Å². The number of fused-ring (bicyclic) bond motifs is 10. The summed E-state index contributed by atoms with van der Waals surface area (Å²) in [4.78, 5) is 0. The van der Waals surface area contributed by atoms with Gasteiger partial charge in [-0.15, -0.1) is 0 Å². The van der Waals surface area contributed by atoms with Gasteiger partial charge in [-0.3, -0.25) is 0 Å². The monoisotopic (exact) mass is 1530 g/mol. The highest BCUT2D eigenvalue weighted by molar-refractivity contribution is 6.02. The summed E-state index contributed by atoms with van der Waals surface area (Å²) >= 11 is 0. The molecule has 0 saturated heterocycles. The summed E-state index contributed by atoms with van der Waals surface area (Å²) in [6, 6.07) is 181. The predicted octanol–water partition coefficient (Wildman–Crippen LogP) is 32.7. The van der Waals surface area contributed by atoms with E-state index in [9.17, 15) is 0 Å². The van der Waals surface area contributed by atoms with Crippen LogP contribution in [0.3, 0.4) is 0 Å². The fourth-order valence-electron chi connectivity index (χ4n) is 19.6. The van der Waals surface area contributed by atoms with Crippen molar-refractivity contribution in [3.05, 3.63) is 508 Å². The molecule has 2 aliphatic carbocycles. The second-order valence-electron chi connectivity index (χ2n) is 31.9. The summed E-state index contributed by atoms with van der Waals surface area (Å²) in [7, 11) is 0. The van der Waals surface area contributed by atoms with E-state index in [-0.39, 0.29) is 0 Å². The molecular weight excluding hydrogens is 1450 g/mol. The van der Waals surface area contributed by atoms with E-state index in [0.717, 1.165) is 66.8 Å². The topological polar surface area (TPSA) is 0 Å². The van der Waals surface area contributed by atoms with Crippen LogP contribution in [0.2, 0.25) is 0 Å². The summed E-state index contributed by atoms with van der Waals surface area (Å²) < 4.78 is 0. The van der Waals surface area contributed by atoms with Gasteiger partial charge in [0.1, 0.15) is 0 Å². The van der Waals surface area contributed by atoms with Gasteiger partial charge in [-0.1, -0.05) is 437 Å². The summed E-state index contributed by atoms with van der Waals surface area (Å²) in [5.74, 6) is 0. The fraction of sp³-hybridized carbons (Fsp3) is 0.00826. The van der Waals surface area contributed by atoms with Crippen LogP contribution >= 0.6 is 0 Å². The molecule has 0 nitrogen and oxygen atoms in total. The maximum absolute atomic E-state index is 2.57. The van der Waals surface area contributed by atoms with Gasteiger partial charge in [-0.25, -0.2) is 0 Å². The molecule has 0 aromatic heterocycles. The van der Waals surface area contributed by atoms with Gasteiger partial charge in [0, 0.05) is 0 Å². The van der Waals surface area contributed by atoms with Crippen molar-refractivity contribution in [1.82, 2.24) is 0 Å². The van der Waals surface area contributed by atoms with Crippen molar-refractivity contribution in [2.75, 3.05) is 0 Å². The maximum atomic E-state index is 2.57. The molecular formula is C121H80. The predicted molar refractivity (Wildman–Crippen MR) is 510 cm³/mol. The van der Waals surface area contributed by atoms with Crippen molar-refractivity contribution >= 4 is 0 Å². The maximum Gasteiger partial charge on any atom is 0.0726 e. The average molecular weight is 1530 g/mol. The first kappa shape index (κ1) is 71.9. The van der Waals surface area contributed by atoms with Crippen LogP contribution in [0.4, 0.5) is 0 Å². The van der Waals surface area contributed by atoms with E-state index in [1.807, 2.05) is 0 Å². The van der Waals surface area contributed by atoms with Crippen LogP contribution in [0, 0.1) is 0 Å². The van der Waals surface area contributed by atoms with Crippen LogP contribution in [0.1, 0.15) is 22.3 Å². The Balaban J connectivity index is 0.753. The summed E-state index contributed by atoms with van der Waals surface area (Å²) in [5.41, 5.74) is 46.8. The van der Waals surface area contributed by atoms with Crippen molar-refractivity contribution in [3.63, 3.8) is 0 Å². The first-order valence-electron chi connectivity index (χ1n) is 42.0. The lowest BCUT2D eigenvalue weighted by atomic mass is 9.69. The standard InChI is InChI=1S/C121H80/c1-5-33-81(34-6-1)97-49-13-21-57-105(97)109-61-25-17-53-101(109)93-45-29-41-85(73-93)89-65-69-113-114-70-66-90(86-42-30-46-94(74-86)102-54-18-26-62-110(102)106-58-22-14-50-98(106)82-35-7-2-8-36-82)78-118(114)121(117(113)77-89)119-79-91(87-43-31-47-95(75-87)103-55-19-27-63-111(103)107-59-23-15-51-99(107)83-37-9-3-10-38-83)67-71-115(119)116-72-68-92(80-120(116)121)88-44-32-48-96(76-88)104-56-20-28-64-112(104)108-60-24-16-52-100(108)84-39-11-4-12-40-84/h1-80H. The molecule has 0 radical (unpaired) electrons. The van der Waals surface area contributed by atoms with Gasteiger partial charge in [-0.05, 0) is 271 Å². The van der Waals surface area contributed by atoms with Gasteiger partial charge < -0.3 is 0 Å². The molecule has 0 atom stereocenters. The smallest absolute Gasteiger partial charge is 0.0622 e. The first-order chi connectivity index (χ1) is 60.0. The van der Waals surface area contributed by atoms with Crippen molar-refractivity contribution < 1.29 is 0 Å². The van der Waals surface area contributed by atoms with E-state index in [4.69, 9.17) is 0 Å². The normalized spacial score (nSPS) is 12.0. The second-order valence-corrected chi connectivity index (χ2v) is 31.9. The molecule has 2 aliphatic rings. The average Bonchev–Trinajstić information content (AvgIpc) is 1.50. The lowest BCUT2D eigenvalue weighted by molar-refractivity contribution is 0.795. The molecule has 1 spiro atoms. The molecule has 121 heavy (non-hydrogen) atoms. The molecule has 22 rings (SSSR count). The third-order valence-electron chi connectivity index (χ3n) is 25.2. The molecule has 0 saturated carbocycles. The lowest BCUT2D eigenvalue weighted by Crippen LogP contribution is -2.26. The van der Waals surface area contributed by atoms with Gasteiger partial charge in [0.15, 0.2) is 0 Å². The zero-order valence-electron chi connectivity index (χ0n) is 66.7. The highest BCUT2D eigenvalue weighted by atomic mass is 14.5. The minimum Gasteiger partial charge on any atom is -0.0622 e. The Bertz CT molecular complexity index is 6480. The largest absolute Gasteiger partial charge is 0.0726 e. The van der Waals surface area contributed by atoms with E-state index in [0.29, 0.717) is 0 Å². The van der Waals surface area contributed by atoms with Crippen LogP contribution in [-0.2, 0) is 5.41 Å². The van der Waals surface area contributed by atoms with Gasteiger partial charge >= 0.3 is 0 Å². The number of benzene rings is 20. The number of hydrogen-bond acceptors (Lipinski definition) is 0. The van der Waals surface area contributed by atoms with Crippen LogP contribution in [0.5, 0.6) is 0 Å². The van der Waals surface area contributed by atoms with Gasteiger partial charge in [0.2, 0.25) is 0 Å². The van der Waals surface area contributed by atoms with E-state index in [2.05, 4.69) is 485 Å². The van der Waals surface area contributed by atoms with Gasteiger partial charge in [0.25, 0.3) is 0 Å². The van der Waals surface area contributed by atoms with E-state index in [1.54, 1.807) is 0 Å². The van der Waals surface area contributed by atoms with E-state index < -0.39 is 5.41 Å². The zero-order valence-corrected chi connectivity index (χ0v) is 66.7. The minimum absolute atomic E-state index is 0.846. The van der Waals surface area contributed by atoms with E-state index >= 15 is 0 Å². The van der Waals surface area contributed by atoms with Gasteiger partial charge in [0.05, 0.1) is 5.41 Å². The Hall–Kier alpha value is -15.6. The quantitative estimate of drug-likeness (QED) is 0.0904.